The van der Waals surface area contributed by atoms with E-state index in [1.54, 1.807) is 0 Å². The van der Waals surface area contributed by atoms with Crippen LogP contribution in [0.15, 0.2) is 0 Å². The summed E-state index contributed by atoms with van der Waals surface area (Å²) in [6, 6.07) is 2.85. The van der Waals surface area contributed by atoms with Gasteiger partial charge in [0.05, 0.1) is 0 Å². The highest BCUT2D eigenvalue weighted by atomic mass is 28.4. The molecule has 2 unspecified atom stereocenters. The molecule has 2 heteroatoms. The molecular weight excluding hydrogens is 200 g/mol. The van der Waals surface area contributed by atoms with Crippen LogP contribution in [0.2, 0.25) is 18.6 Å². The van der Waals surface area contributed by atoms with Crippen LogP contribution >= 0.6 is 0 Å². The van der Waals surface area contributed by atoms with Crippen LogP contribution in [0, 0.1) is 11.8 Å². The number of rotatable bonds is 2. The third kappa shape index (κ3) is 3.07. The van der Waals surface area contributed by atoms with Gasteiger partial charge in [-0.05, 0) is 49.7 Å². The van der Waals surface area contributed by atoms with E-state index >= 15 is 0 Å². The first kappa shape index (κ1) is 11.7. The van der Waals surface area contributed by atoms with Crippen molar-refractivity contribution in [3.8, 4) is 0 Å². The summed E-state index contributed by atoms with van der Waals surface area (Å²) >= 11 is 0. The largest absolute Gasteiger partial charge is 0.414 e. The zero-order valence-corrected chi connectivity index (χ0v) is 11.6. The van der Waals surface area contributed by atoms with Crippen LogP contribution in [0.1, 0.15) is 46.0 Å². The summed E-state index contributed by atoms with van der Waals surface area (Å²) in [5.41, 5.74) is 0. The lowest BCUT2D eigenvalue weighted by Crippen LogP contribution is -2.38. The second-order valence-corrected chi connectivity index (χ2v) is 10.4. The fourth-order valence-electron chi connectivity index (χ4n) is 3.61. The van der Waals surface area contributed by atoms with Gasteiger partial charge in [-0.15, -0.1) is 0 Å². The molecule has 88 valence electrons. The highest BCUT2D eigenvalue weighted by molar-refractivity contribution is 6.73. The van der Waals surface area contributed by atoms with Crippen molar-refractivity contribution in [3.63, 3.8) is 0 Å². The molecule has 0 radical (unpaired) electrons. The summed E-state index contributed by atoms with van der Waals surface area (Å²) in [5, 5.41) is 0. The molecule has 1 aliphatic carbocycles. The Morgan fingerprint density at radius 2 is 1.47 bits per heavy atom. The normalized spacial score (nSPS) is 40.6. The minimum absolute atomic E-state index is 0.610. The first-order valence-corrected chi connectivity index (χ1v) is 9.57. The molecule has 2 fully saturated rings. The van der Waals surface area contributed by atoms with Crippen LogP contribution in [-0.2, 0) is 4.43 Å². The standard InChI is InChI=1S/C13H26OSi/c1-11-8-12(2)10-13(9-11)14-15(3)6-4-5-7-15/h11-13H,4-10H2,1-3H3. The van der Waals surface area contributed by atoms with E-state index < -0.39 is 8.32 Å². The number of hydrogen-bond donors (Lipinski definition) is 0. The van der Waals surface area contributed by atoms with Crippen LogP contribution in [0.3, 0.4) is 0 Å². The van der Waals surface area contributed by atoms with Crippen molar-refractivity contribution >= 4 is 8.32 Å². The van der Waals surface area contributed by atoms with Crippen molar-refractivity contribution in [1.29, 1.82) is 0 Å². The van der Waals surface area contributed by atoms with Gasteiger partial charge in [-0.1, -0.05) is 26.7 Å². The van der Waals surface area contributed by atoms with Gasteiger partial charge in [0.1, 0.15) is 0 Å². The summed E-state index contributed by atoms with van der Waals surface area (Å²) in [7, 11) is -1.23. The molecule has 1 aliphatic heterocycles. The van der Waals surface area contributed by atoms with Gasteiger partial charge in [0.25, 0.3) is 0 Å². The van der Waals surface area contributed by atoms with Crippen LogP contribution < -0.4 is 0 Å². The smallest absolute Gasteiger partial charge is 0.190 e. The molecule has 0 amide bonds. The van der Waals surface area contributed by atoms with Gasteiger partial charge in [0.2, 0.25) is 0 Å². The van der Waals surface area contributed by atoms with E-state index in [0.717, 1.165) is 11.8 Å². The van der Waals surface area contributed by atoms with Crippen molar-refractivity contribution in [1.82, 2.24) is 0 Å². The fraction of sp³-hybridized carbons (Fsp3) is 1.00. The summed E-state index contributed by atoms with van der Waals surface area (Å²) in [6.45, 7) is 7.25. The van der Waals surface area contributed by atoms with Crippen LogP contribution in [-0.4, -0.2) is 14.4 Å². The molecule has 1 saturated carbocycles. The Hall–Kier alpha value is 0.177. The van der Waals surface area contributed by atoms with E-state index in [4.69, 9.17) is 4.43 Å². The molecule has 0 aromatic heterocycles. The zero-order chi connectivity index (χ0) is 10.9. The van der Waals surface area contributed by atoms with Gasteiger partial charge in [-0.3, -0.25) is 0 Å². The molecule has 2 rings (SSSR count). The summed E-state index contributed by atoms with van der Waals surface area (Å²) in [5.74, 6) is 1.77. The Kier molecular flexibility index (Phi) is 3.56. The lowest BCUT2D eigenvalue weighted by Gasteiger charge is -2.36. The van der Waals surface area contributed by atoms with Gasteiger partial charge in [0, 0.05) is 6.10 Å². The Balaban J connectivity index is 1.87. The predicted octanol–water partition coefficient (Wildman–Crippen LogP) is 4.20. The van der Waals surface area contributed by atoms with Gasteiger partial charge in [-0.25, -0.2) is 0 Å². The third-order valence-corrected chi connectivity index (χ3v) is 7.97. The predicted molar refractivity (Wildman–Crippen MR) is 67.5 cm³/mol. The maximum atomic E-state index is 6.52. The SMILES string of the molecule is CC1CC(C)CC(O[Si]2(C)CCCC2)C1. The zero-order valence-electron chi connectivity index (χ0n) is 10.6. The molecule has 2 atom stereocenters. The van der Waals surface area contributed by atoms with Gasteiger partial charge in [0.15, 0.2) is 8.32 Å². The lowest BCUT2D eigenvalue weighted by molar-refractivity contribution is 0.0934. The molecule has 0 aromatic carbocycles. The van der Waals surface area contributed by atoms with Crippen molar-refractivity contribution in [2.45, 2.75) is 70.7 Å². The first-order chi connectivity index (χ1) is 7.07. The Morgan fingerprint density at radius 3 is 2.00 bits per heavy atom. The van der Waals surface area contributed by atoms with Crippen LogP contribution in [0.25, 0.3) is 0 Å². The lowest BCUT2D eigenvalue weighted by atomic mass is 9.82. The topological polar surface area (TPSA) is 9.23 Å². The minimum atomic E-state index is -1.23. The molecule has 0 N–H and O–H groups in total. The molecule has 2 aliphatic rings. The Bertz CT molecular complexity index is 201. The first-order valence-electron chi connectivity index (χ1n) is 6.75. The monoisotopic (exact) mass is 226 g/mol. The van der Waals surface area contributed by atoms with E-state index in [-0.39, 0.29) is 0 Å². The second kappa shape index (κ2) is 4.58. The van der Waals surface area contributed by atoms with Crippen molar-refractivity contribution in [2.24, 2.45) is 11.8 Å². The van der Waals surface area contributed by atoms with Crippen molar-refractivity contribution in [2.75, 3.05) is 0 Å². The highest BCUT2D eigenvalue weighted by Crippen LogP contribution is 2.37. The minimum Gasteiger partial charge on any atom is -0.414 e. The Morgan fingerprint density at radius 1 is 0.933 bits per heavy atom. The average Bonchev–Trinajstić information content (AvgIpc) is 2.49. The van der Waals surface area contributed by atoms with Gasteiger partial charge >= 0.3 is 0 Å². The average molecular weight is 226 g/mol. The van der Waals surface area contributed by atoms with E-state index in [1.165, 1.54) is 44.2 Å². The maximum absolute atomic E-state index is 6.52. The van der Waals surface area contributed by atoms with Crippen molar-refractivity contribution < 1.29 is 4.43 Å². The highest BCUT2D eigenvalue weighted by Gasteiger charge is 2.37. The molecule has 1 saturated heterocycles. The molecule has 0 bridgehead atoms. The van der Waals surface area contributed by atoms with Gasteiger partial charge < -0.3 is 4.43 Å². The molecule has 15 heavy (non-hydrogen) atoms. The number of hydrogen-bond acceptors (Lipinski definition) is 1. The van der Waals surface area contributed by atoms with Crippen LogP contribution in [0.5, 0.6) is 0 Å². The Labute approximate surface area is 95.7 Å². The van der Waals surface area contributed by atoms with E-state index in [0.29, 0.717) is 6.10 Å². The fourth-order valence-corrected chi connectivity index (χ4v) is 7.09. The molecular formula is C13H26OSi. The molecule has 1 nitrogen and oxygen atoms in total. The summed E-state index contributed by atoms with van der Waals surface area (Å²) in [4.78, 5) is 0. The van der Waals surface area contributed by atoms with Crippen LogP contribution in [0.4, 0.5) is 0 Å². The van der Waals surface area contributed by atoms with E-state index in [1.807, 2.05) is 0 Å². The quantitative estimate of drug-likeness (QED) is 0.641. The molecule has 1 heterocycles. The summed E-state index contributed by atoms with van der Waals surface area (Å²) in [6.07, 6.45) is 7.54. The summed E-state index contributed by atoms with van der Waals surface area (Å²) < 4.78 is 6.52. The third-order valence-electron chi connectivity index (χ3n) is 4.25. The second-order valence-electron chi connectivity index (χ2n) is 6.31. The van der Waals surface area contributed by atoms with Gasteiger partial charge in [-0.2, -0.15) is 0 Å². The molecule has 0 aromatic rings. The molecule has 0 spiro atoms. The van der Waals surface area contributed by atoms with E-state index in [9.17, 15) is 0 Å². The van der Waals surface area contributed by atoms with E-state index in [2.05, 4.69) is 20.4 Å². The maximum Gasteiger partial charge on any atom is 0.190 e. The van der Waals surface area contributed by atoms with Crippen molar-refractivity contribution in [3.05, 3.63) is 0 Å².